The summed E-state index contributed by atoms with van der Waals surface area (Å²) in [4.78, 5) is 0. The van der Waals surface area contributed by atoms with Gasteiger partial charge in [0.2, 0.25) is 0 Å². The van der Waals surface area contributed by atoms with Crippen LogP contribution in [0.4, 0.5) is 26.3 Å². The van der Waals surface area contributed by atoms with E-state index in [2.05, 4.69) is 0 Å². The molecular weight excluding hydrogens is 546 g/mol. The minimum atomic E-state index is -5.23. The fraction of sp³-hybridized carbons (Fsp3) is 0.0556. The van der Waals surface area contributed by atoms with Gasteiger partial charge in [0.05, 0.1) is 11.1 Å². The summed E-state index contributed by atoms with van der Waals surface area (Å²) in [5.74, 6) is 0. The lowest BCUT2D eigenvalue weighted by atomic mass is 9.78. The Kier molecular flexibility index (Phi) is 6.85. The number of fused-ring (bicyclic) bond motifs is 1. The summed E-state index contributed by atoms with van der Waals surface area (Å²) in [5.41, 5.74) is 1.31. The zero-order valence-electron chi connectivity index (χ0n) is 22.0. The standard InChI is InChI=1S/C36H22F6/c37-35(38,39)29-21-27-28(22-30(29)36(40,41)42)32(24-15-7-2-8-16-24)34(26-19-11-4-12-20-26)33(25-17-9-3-10-18-25)31(27)23-13-5-1-6-14-23/h1-22H. The summed E-state index contributed by atoms with van der Waals surface area (Å²) < 4.78 is 86.0. The third-order valence-electron chi connectivity index (χ3n) is 7.31. The van der Waals surface area contributed by atoms with Crippen LogP contribution in [0.5, 0.6) is 0 Å². The fourth-order valence-electron chi connectivity index (χ4n) is 5.60. The van der Waals surface area contributed by atoms with Gasteiger partial charge in [-0.05, 0) is 67.4 Å². The predicted molar refractivity (Wildman–Crippen MR) is 156 cm³/mol. The lowest BCUT2D eigenvalue weighted by Crippen LogP contribution is -2.17. The molecule has 0 fully saturated rings. The van der Waals surface area contributed by atoms with Gasteiger partial charge in [-0.15, -0.1) is 0 Å². The zero-order valence-corrected chi connectivity index (χ0v) is 22.0. The molecule has 6 aromatic carbocycles. The molecule has 0 saturated carbocycles. The summed E-state index contributed by atoms with van der Waals surface area (Å²) in [5, 5.41) is 0.165. The number of hydrogen-bond donors (Lipinski definition) is 0. The molecule has 42 heavy (non-hydrogen) atoms. The van der Waals surface area contributed by atoms with Crippen LogP contribution in [-0.2, 0) is 12.4 Å². The van der Waals surface area contributed by atoms with Crippen LogP contribution in [0.15, 0.2) is 133 Å². The quantitative estimate of drug-likeness (QED) is 0.186. The maximum absolute atomic E-state index is 14.3. The Bertz CT molecular complexity index is 1720. The molecule has 6 rings (SSSR count). The van der Waals surface area contributed by atoms with Crippen LogP contribution in [0.3, 0.4) is 0 Å². The van der Waals surface area contributed by atoms with Crippen molar-refractivity contribution in [3.05, 3.63) is 145 Å². The Hall–Kier alpha value is -4.84. The van der Waals surface area contributed by atoms with Crippen molar-refractivity contribution in [1.29, 1.82) is 0 Å². The van der Waals surface area contributed by atoms with Gasteiger partial charge < -0.3 is 0 Å². The molecule has 0 N–H and O–H groups in total. The average molecular weight is 569 g/mol. The molecule has 0 spiro atoms. The molecule has 6 heteroatoms. The van der Waals surface area contributed by atoms with E-state index in [1.54, 1.807) is 60.7 Å². The molecule has 0 nitrogen and oxygen atoms in total. The van der Waals surface area contributed by atoms with Crippen LogP contribution in [-0.4, -0.2) is 0 Å². The van der Waals surface area contributed by atoms with Gasteiger partial charge >= 0.3 is 12.4 Å². The largest absolute Gasteiger partial charge is 0.417 e. The number of alkyl halides is 6. The molecule has 0 heterocycles. The smallest absolute Gasteiger partial charge is 0.166 e. The number of halogens is 6. The van der Waals surface area contributed by atoms with Crippen LogP contribution in [0.1, 0.15) is 11.1 Å². The first-order chi connectivity index (χ1) is 20.1. The Labute approximate surface area is 238 Å². The van der Waals surface area contributed by atoms with E-state index in [4.69, 9.17) is 0 Å². The second-order valence-electron chi connectivity index (χ2n) is 9.90. The molecule has 0 amide bonds. The van der Waals surface area contributed by atoms with Gasteiger partial charge in [-0.3, -0.25) is 0 Å². The predicted octanol–water partition coefficient (Wildman–Crippen LogP) is 11.5. The molecule has 6 aromatic rings. The van der Waals surface area contributed by atoms with E-state index in [0.717, 1.165) is 11.1 Å². The van der Waals surface area contributed by atoms with Crippen LogP contribution < -0.4 is 0 Å². The Morgan fingerprint density at radius 3 is 0.786 bits per heavy atom. The van der Waals surface area contributed by atoms with Crippen molar-refractivity contribution >= 4 is 10.8 Å². The van der Waals surface area contributed by atoms with Gasteiger partial charge in [0, 0.05) is 0 Å². The van der Waals surface area contributed by atoms with Crippen molar-refractivity contribution in [3.8, 4) is 44.5 Å². The van der Waals surface area contributed by atoms with Crippen LogP contribution in [0.2, 0.25) is 0 Å². The third kappa shape index (κ3) is 4.94. The van der Waals surface area contributed by atoms with Crippen molar-refractivity contribution in [2.45, 2.75) is 12.4 Å². The minimum Gasteiger partial charge on any atom is -0.166 e. The van der Waals surface area contributed by atoms with E-state index in [0.29, 0.717) is 45.5 Å². The van der Waals surface area contributed by atoms with Gasteiger partial charge in [-0.25, -0.2) is 0 Å². The van der Waals surface area contributed by atoms with E-state index >= 15 is 0 Å². The van der Waals surface area contributed by atoms with Gasteiger partial charge in [-0.1, -0.05) is 121 Å². The van der Waals surface area contributed by atoms with Crippen LogP contribution in [0, 0.1) is 0 Å². The monoisotopic (exact) mass is 568 g/mol. The molecular formula is C36H22F6. The zero-order chi connectivity index (χ0) is 29.5. The maximum Gasteiger partial charge on any atom is 0.417 e. The first-order valence-corrected chi connectivity index (χ1v) is 13.2. The van der Waals surface area contributed by atoms with E-state index < -0.39 is 23.5 Å². The third-order valence-corrected chi connectivity index (χ3v) is 7.31. The molecule has 0 atom stereocenters. The SMILES string of the molecule is FC(F)(F)c1cc2c(-c3ccccc3)c(-c3ccccc3)c(-c3ccccc3)c(-c3ccccc3)c2cc1C(F)(F)F. The molecule has 0 aliphatic rings. The fourth-order valence-corrected chi connectivity index (χ4v) is 5.60. The summed E-state index contributed by atoms with van der Waals surface area (Å²) >= 11 is 0. The Morgan fingerprint density at radius 1 is 0.310 bits per heavy atom. The first kappa shape index (κ1) is 27.3. The van der Waals surface area contributed by atoms with Crippen molar-refractivity contribution in [2.24, 2.45) is 0 Å². The van der Waals surface area contributed by atoms with E-state index in [1.165, 1.54) is 0 Å². The number of hydrogen-bond acceptors (Lipinski definition) is 0. The highest BCUT2D eigenvalue weighted by Crippen LogP contribution is 2.53. The molecule has 0 aromatic heterocycles. The Morgan fingerprint density at radius 2 is 0.548 bits per heavy atom. The highest BCUT2D eigenvalue weighted by molar-refractivity contribution is 6.18. The second kappa shape index (κ2) is 10.5. The Balaban J connectivity index is 1.96. The van der Waals surface area contributed by atoms with Gasteiger partial charge in [0.25, 0.3) is 0 Å². The van der Waals surface area contributed by atoms with Gasteiger partial charge in [-0.2, -0.15) is 26.3 Å². The lowest BCUT2D eigenvalue weighted by Gasteiger charge is -2.26. The van der Waals surface area contributed by atoms with Crippen LogP contribution in [0.25, 0.3) is 55.3 Å². The average Bonchev–Trinajstić information content (AvgIpc) is 3.00. The summed E-state index contributed by atoms with van der Waals surface area (Å²) in [6.45, 7) is 0. The van der Waals surface area contributed by atoms with Gasteiger partial charge in [0.15, 0.2) is 0 Å². The number of benzene rings is 6. The van der Waals surface area contributed by atoms with E-state index in [9.17, 15) is 26.3 Å². The number of rotatable bonds is 4. The summed E-state index contributed by atoms with van der Waals surface area (Å²) in [6.07, 6.45) is -10.5. The molecule has 0 saturated heterocycles. The van der Waals surface area contributed by atoms with Gasteiger partial charge in [0.1, 0.15) is 0 Å². The molecule has 0 aliphatic heterocycles. The topological polar surface area (TPSA) is 0 Å². The minimum absolute atomic E-state index is 0.0823. The van der Waals surface area contributed by atoms with Crippen molar-refractivity contribution in [2.75, 3.05) is 0 Å². The highest BCUT2D eigenvalue weighted by atomic mass is 19.4. The first-order valence-electron chi connectivity index (χ1n) is 13.2. The van der Waals surface area contributed by atoms with Crippen molar-refractivity contribution < 1.29 is 26.3 Å². The maximum atomic E-state index is 14.3. The summed E-state index contributed by atoms with van der Waals surface area (Å²) in [7, 11) is 0. The summed E-state index contributed by atoms with van der Waals surface area (Å²) in [6, 6.07) is 37.5. The second-order valence-corrected chi connectivity index (χ2v) is 9.90. The lowest BCUT2D eigenvalue weighted by molar-refractivity contribution is -0.161. The van der Waals surface area contributed by atoms with Crippen LogP contribution >= 0.6 is 0 Å². The molecule has 208 valence electrons. The van der Waals surface area contributed by atoms with E-state index in [-0.39, 0.29) is 10.8 Å². The van der Waals surface area contributed by atoms with E-state index in [1.807, 2.05) is 60.7 Å². The van der Waals surface area contributed by atoms with Crippen molar-refractivity contribution in [1.82, 2.24) is 0 Å². The molecule has 0 radical (unpaired) electrons. The molecule has 0 aliphatic carbocycles. The molecule has 0 bridgehead atoms. The van der Waals surface area contributed by atoms with Crippen molar-refractivity contribution in [3.63, 3.8) is 0 Å². The normalized spacial score (nSPS) is 12.0. The molecule has 0 unspecified atom stereocenters. The highest BCUT2D eigenvalue weighted by Gasteiger charge is 2.44.